The van der Waals surface area contributed by atoms with Crippen LogP contribution in [-0.2, 0) is 0 Å². The molecule has 0 saturated carbocycles. The van der Waals surface area contributed by atoms with Gasteiger partial charge in [0.15, 0.2) is 5.58 Å². The lowest BCUT2D eigenvalue weighted by Crippen LogP contribution is -2.07. The van der Waals surface area contributed by atoms with E-state index in [2.05, 4.69) is 0 Å². The second-order valence-electron chi connectivity index (χ2n) is 7.55. The largest absolute Gasteiger partial charge is 0.508 e. The van der Waals surface area contributed by atoms with Gasteiger partial charge in [-0.15, -0.1) is 0 Å². The fourth-order valence-corrected chi connectivity index (χ4v) is 4.12. The van der Waals surface area contributed by atoms with Crippen LogP contribution in [0.15, 0.2) is 95.6 Å². The molecule has 7 nitrogen and oxygen atoms in total. The third-order valence-corrected chi connectivity index (χ3v) is 5.61. The summed E-state index contributed by atoms with van der Waals surface area (Å²) in [5, 5.41) is 21.7. The van der Waals surface area contributed by atoms with E-state index in [1.165, 1.54) is 12.1 Å². The van der Waals surface area contributed by atoms with Gasteiger partial charge < -0.3 is 23.5 Å². The lowest BCUT2D eigenvalue weighted by Gasteiger charge is -2.07. The molecule has 6 rings (SSSR count). The summed E-state index contributed by atoms with van der Waals surface area (Å²) in [6.45, 7) is 0. The molecule has 3 heterocycles. The molecule has 0 aliphatic heterocycles. The van der Waals surface area contributed by atoms with Crippen molar-refractivity contribution in [3.63, 3.8) is 0 Å². The van der Waals surface area contributed by atoms with Gasteiger partial charge in [-0.25, -0.2) is 9.59 Å². The first-order valence-electron chi connectivity index (χ1n) is 10.1. The molecule has 2 N–H and O–H groups in total. The summed E-state index contributed by atoms with van der Waals surface area (Å²) in [5.41, 5.74) is -0.477. The Morgan fingerprint density at radius 3 is 1.94 bits per heavy atom. The minimum Gasteiger partial charge on any atom is -0.508 e. The molecule has 0 saturated heterocycles. The highest BCUT2D eigenvalue weighted by molar-refractivity contribution is 6.11. The van der Waals surface area contributed by atoms with E-state index >= 15 is 0 Å². The van der Waals surface area contributed by atoms with Crippen LogP contribution in [0.3, 0.4) is 0 Å². The fraction of sp³-hybridized carbons (Fsp3) is 0. The number of phenols is 1. The van der Waals surface area contributed by atoms with Crippen molar-refractivity contribution in [2.45, 2.75) is 0 Å². The van der Waals surface area contributed by atoms with E-state index in [9.17, 15) is 19.8 Å². The zero-order chi connectivity index (χ0) is 22.7. The number of para-hydroxylation sites is 2. The van der Waals surface area contributed by atoms with E-state index in [4.69, 9.17) is 13.3 Å². The zero-order valence-corrected chi connectivity index (χ0v) is 16.9. The molecule has 0 bridgehead atoms. The van der Waals surface area contributed by atoms with Gasteiger partial charge in [0.05, 0.1) is 16.3 Å². The van der Waals surface area contributed by atoms with Gasteiger partial charge in [-0.2, -0.15) is 0 Å². The average molecular weight is 438 g/mol. The molecule has 0 aliphatic rings. The molecule has 0 fully saturated rings. The van der Waals surface area contributed by atoms with Gasteiger partial charge in [-0.05, 0) is 48.5 Å². The number of hydrogen-bond acceptors (Lipinski definition) is 7. The van der Waals surface area contributed by atoms with E-state index < -0.39 is 11.3 Å². The molecule has 3 aromatic carbocycles. The standard InChI is InChI=1S/C26H14O7/c27-14-11-9-13(10-12-14)23-19(20-22(28)15-5-1-3-7-17(15)31-25(20)29)21-24(33-23)16-6-2-4-8-18(16)32-26(21)30/h1-12,27-28H. The Morgan fingerprint density at radius 1 is 0.606 bits per heavy atom. The summed E-state index contributed by atoms with van der Waals surface area (Å²) in [4.78, 5) is 26.2. The predicted molar refractivity (Wildman–Crippen MR) is 122 cm³/mol. The number of benzene rings is 3. The second-order valence-corrected chi connectivity index (χ2v) is 7.55. The summed E-state index contributed by atoms with van der Waals surface area (Å²) in [7, 11) is 0. The maximum atomic E-state index is 13.1. The first-order valence-corrected chi connectivity index (χ1v) is 10.1. The van der Waals surface area contributed by atoms with E-state index in [0.29, 0.717) is 21.9 Å². The van der Waals surface area contributed by atoms with Crippen LogP contribution in [0.25, 0.3) is 55.4 Å². The van der Waals surface area contributed by atoms with Crippen LogP contribution in [0, 0.1) is 0 Å². The Kier molecular flexibility index (Phi) is 3.94. The zero-order valence-electron chi connectivity index (χ0n) is 16.9. The van der Waals surface area contributed by atoms with Crippen LogP contribution >= 0.6 is 0 Å². The maximum absolute atomic E-state index is 13.1. The molecular formula is C26H14O7. The second kappa shape index (κ2) is 6.86. The summed E-state index contributed by atoms with van der Waals surface area (Å²) in [6.07, 6.45) is 0. The van der Waals surface area contributed by atoms with Crippen LogP contribution < -0.4 is 11.3 Å². The van der Waals surface area contributed by atoms with E-state index in [1.54, 1.807) is 60.7 Å². The summed E-state index contributed by atoms with van der Waals surface area (Å²) in [5.74, 6) is -0.141. The Balaban J connectivity index is 1.84. The monoisotopic (exact) mass is 438 g/mol. The summed E-state index contributed by atoms with van der Waals surface area (Å²) in [6, 6.07) is 19.5. The lowest BCUT2D eigenvalue weighted by atomic mass is 9.98. The number of rotatable bonds is 2. The molecule has 33 heavy (non-hydrogen) atoms. The molecule has 0 aliphatic carbocycles. The molecule has 0 unspecified atom stereocenters. The van der Waals surface area contributed by atoms with E-state index in [-0.39, 0.29) is 44.9 Å². The highest BCUT2D eigenvalue weighted by Gasteiger charge is 2.28. The lowest BCUT2D eigenvalue weighted by molar-refractivity contribution is 0.471. The van der Waals surface area contributed by atoms with Crippen molar-refractivity contribution >= 4 is 32.9 Å². The van der Waals surface area contributed by atoms with Crippen LogP contribution in [0.4, 0.5) is 0 Å². The quantitative estimate of drug-likeness (QED) is 0.348. The maximum Gasteiger partial charge on any atom is 0.348 e. The Morgan fingerprint density at radius 2 is 1.21 bits per heavy atom. The topological polar surface area (TPSA) is 114 Å². The van der Waals surface area contributed by atoms with Crippen molar-refractivity contribution in [2.24, 2.45) is 0 Å². The van der Waals surface area contributed by atoms with Crippen molar-refractivity contribution in [3.05, 3.63) is 93.6 Å². The van der Waals surface area contributed by atoms with Gasteiger partial charge in [0, 0.05) is 5.56 Å². The van der Waals surface area contributed by atoms with Crippen LogP contribution in [0.5, 0.6) is 11.5 Å². The molecule has 0 amide bonds. The predicted octanol–water partition coefficient (Wildman–Crippen LogP) is 5.39. The van der Waals surface area contributed by atoms with Gasteiger partial charge in [-0.1, -0.05) is 24.3 Å². The van der Waals surface area contributed by atoms with Gasteiger partial charge in [0.25, 0.3) is 0 Å². The SMILES string of the molecule is O=c1oc2ccccc2c(O)c1-c1c(-c2ccc(O)cc2)oc2c1c(=O)oc1ccccc12. The van der Waals surface area contributed by atoms with Crippen LogP contribution in [0.1, 0.15) is 0 Å². The fourth-order valence-electron chi connectivity index (χ4n) is 4.12. The summed E-state index contributed by atoms with van der Waals surface area (Å²) < 4.78 is 17.1. The van der Waals surface area contributed by atoms with Crippen LogP contribution in [-0.4, -0.2) is 10.2 Å². The normalized spacial score (nSPS) is 11.5. The Hall–Kier alpha value is -4.78. The number of hydrogen-bond donors (Lipinski definition) is 2. The number of fused-ring (bicyclic) bond motifs is 4. The van der Waals surface area contributed by atoms with Crippen molar-refractivity contribution in [2.75, 3.05) is 0 Å². The van der Waals surface area contributed by atoms with Crippen LogP contribution in [0.2, 0.25) is 0 Å². The van der Waals surface area contributed by atoms with Crippen molar-refractivity contribution < 1.29 is 23.5 Å². The average Bonchev–Trinajstić information content (AvgIpc) is 3.21. The smallest absolute Gasteiger partial charge is 0.348 e. The number of phenolic OH excluding ortho intramolecular Hbond substituents is 1. The highest BCUT2D eigenvalue weighted by Crippen LogP contribution is 2.44. The van der Waals surface area contributed by atoms with Gasteiger partial charge in [-0.3, -0.25) is 0 Å². The highest BCUT2D eigenvalue weighted by atomic mass is 16.4. The molecule has 160 valence electrons. The first kappa shape index (κ1) is 18.9. The summed E-state index contributed by atoms with van der Waals surface area (Å²) >= 11 is 0. The van der Waals surface area contributed by atoms with E-state index in [0.717, 1.165) is 0 Å². The molecule has 6 aromatic rings. The minimum absolute atomic E-state index is 0.00894. The molecule has 3 aromatic heterocycles. The Bertz CT molecular complexity index is 1820. The van der Waals surface area contributed by atoms with Gasteiger partial charge >= 0.3 is 11.3 Å². The molecule has 0 atom stereocenters. The molecular weight excluding hydrogens is 424 g/mol. The van der Waals surface area contributed by atoms with Crippen molar-refractivity contribution in [1.82, 2.24) is 0 Å². The first-order chi connectivity index (χ1) is 16.0. The van der Waals surface area contributed by atoms with Gasteiger partial charge in [0.1, 0.15) is 39.4 Å². The third kappa shape index (κ3) is 2.76. The molecule has 0 radical (unpaired) electrons. The van der Waals surface area contributed by atoms with Crippen molar-refractivity contribution in [3.8, 4) is 33.9 Å². The Labute approximate surface area is 184 Å². The third-order valence-electron chi connectivity index (χ3n) is 5.61. The molecule has 7 heteroatoms. The minimum atomic E-state index is -0.832. The molecule has 0 spiro atoms. The number of furan rings is 1. The van der Waals surface area contributed by atoms with Crippen molar-refractivity contribution in [1.29, 1.82) is 0 Å². The van der Waals surface area contributed by atoms with Gasteiger partial charge in [0.2, 0.25) is 0 Å². The number of aromatic hydroxyl groups is 2. The van der Waals surface area contributed by atoms with E-state index in [1.807, 2.05) is 0 Å².